The summed E-state index contributed by atoms with van der Waals surface area (Å²) in [4.78, 5) is 21.6. The number of nitrogen functional groups attached to an aromatic ring is 1. The molecule has 1 unspecified atom stereocenters. The number of aromatic amines is 1. The number of aromatic nitrogens is 3. The van der Waals surface area contributed by atoms with E-state index in [1.807, 2.05) is 6.20 Å². The highest BCUT2D eigenvalue weighted by Crippen LogP contribution is 2.31. The van der Waals surface area contributed by atoms with Crippen molar-refractivity contribution in [2.24, 2.45) is 0 Å². The van der Waals surface area contributed by atoms with Crippen LogP contribution < -0.4 is 11.1 Å². The summed E-state index contributed by atoms with van der Waals surface area (Å²) >= 11 is 0. The molecule has 2 aromatic rings. The van der Waals surface area contributed by atoms with E-state index in [4.69, 9.17) is 10.5 Å². The van der Waals surface area contributed by atoms with Gasteiger partial charge in [0.25, 0.3) is 6.47 Å². The topological polar surface area (TPSA) is 106 Å². The molecule has 1 saturated heterocycles. The molecule has 0 amide bonds. The van der Waals surface area contributed by atoms with E-state index in [0.29, 0.717) is 18.9 Å². The maximum absolute atomic E-state index is 10.2. The number of ether oxygens (including phenoxy) is 1. The second kappa shape index (κ2) is 4.85. The minimum Gasteiger partial charge on any atom is -0.466 e. The summed E-state index contributed by atoms with van der Waals surface area (Å²) < 4.78 is 4.79. The lowest BCUT2D eigenvalue weighted by molar-refractivity contribution is -0.129. The van der Waals surface area contributed by atoms with Gasteiger partial charge in [-0.15, -0.1) is 0 Å². The van der Waals surface area contributed by atoms with Gasteiger partial charge in [0, 0.05) is 23.8 Å². The summed E-state index contributed by atoms with van der Waals surface area (Å²) in [5.74, 6) is 0.454. The van der Waals surface area contributed by atoms with E-state index in [1.54, 1.807) is 0 Å². The lowest BCUT2D eigenvalue weighted by Gasteiger charge is -2.12. The highest BCUT2D eigenvalue weighted by atomic mass is 16.5. The second-order valence-corrected chi connectivity index (χ2v) is 4.65. The number of H-pyrrole nitrogens is 1. The zero-order valence-electron chi connectivity index (χ0n) is 10.3. The van der Waals surface area contributed by atoms with Crippen molar-refractivity contribution in [1.29, 1.82) is 0 Å². The summed E-state index contributed by atoms with van der Waals surface area (Å²) in [7, 11) is 0. The van der Waals surface area contributed by atoms with Crippen LogP contribution in [0.25, 0.3) is 11.0 Å². The van der Waals surface area contributed by atoms with Crippen LogP contribution in [0.15, 0.2) is 12.5 Å². The van der Waals surface area contributed by atoms with Gasteiger partial charge >= 0.3 is 0 Å². The van der Waals surface area contributed by atoms with Crippen LogP contribution in [0.5, 0.6) is 0 Å². The molecular weight excluding hydrogens is 246 g/mol. The van der Waals surface area contributed by atoms with Gasteiger partial charge in [-0.3, -0.25) is 4.79 Å². The first-order valence-corrected chi connectivity index (χ1v) is 6.18. The van der Waals surface area contributed by atoms with Gasteiger partial charge in [-0.05, 0) is 12.8 Å². The third-order valence-corrected chi connectivity index (χ3v) is 3.50. The fraction of sp³-hybridized carbons (Fsp3) is 0.417. The van der Waals surface area contributed by atoms with Gasteiger partial charge in [0.1, 0.15) is 18.5 Å². The van der Waals surface area contributed by atoms with Crippen LogP contribution in [0.1, 0.15) is 24.4 Å². The minimum absolute atomic E-state index is 0.194. The highest BCUT2D eigenvalue weighted by Gasteiger charge is 2.27. The van der Waals surface area contributed by atoms with Crippen LogP contribution in [0.2, 0.25) is 0 Å². The number of hydrogen-bond donors (Lipinski definition) is 3. The van der Waals surface area contributed by atoms with Crippen LogP contribution in [0, 0.1) is 0 Å². The van der Waals surface area contributed by atoms with Crippen LogP contribution in [0.4, 0.5) is 5.82 Å². The number of nitrogens with one attached hydrogen (secondary N) is 2. The molecule has 1 aliphatic rings. The quantitative estimate of drug-likeness (QED) is 0.692. The van der Waals surface area contributed by atoms with Gasteiger partial charge in [-0.2, -0.15) is 0 Å². The molecule has 2 atom stereocenters. The molecule has 2 aromatic heterocycles. The van der Waals surface area contributed by atoms with Crippen molar-refractivity contribution in [2.45, 2.75) is 24.9 Å². The van der Waals surface area contributed by atoms with Crippen molar-refractivity contribution in [1.82, 2.24) is 20.3 Å². The predicted molar refractivity (Wildman–Crippen MR) is 69.2 cm³/mol. The molecule has 4 N–H and O–H groups in total. The Morgan fingerprint density at radius 2 is 2.37 bits per heavy atom. The summed E-state index contributed by atoms with van der Waals surface area (Å²) in [5, 5.41) is 3.43. The first-order chi connectivity index (χ1) is 9.29. The number of carbonyl (C=O) groups is 1. The molecule has 1 fully saturated rings. The molecule has 19 heavy (non-hydrogen) atoms. The van der Waals surface area contributed by atoms with E-state index in [0.717, 1.165) is 29.4 Å². The van der Waals surface area contributed by atoms with Gasteiger partial charge in [-0.25, -0.2) is 9.97 Å². The number of hydrogen-bond acceptors (Lipinski definition) is 6. The Balaban J connectivity index is 1.82. The Hall–Kier alpha value is -2.15. The second-order valence-electron chi connectivity index (χ2n) is 4.65. The fourth-order valence-corrected chi connectivity index (χ4v) is 2.60. The third kappa shape index (κ3) is 2.12. The maximum Gasteiger partial charge on any atom is 0.293 e. The molecule has 0 saturated carbocycles. The molecule has 100 valence electrons. The van der Waals surface area contributed by atoms with Gasteiger partial charge in [0.05, 0.1) is 5.52 Å². The maximum atomic E-state index is 10.2. The predicted octanol–water partition coefficient (Wildman–Crippen LogP) is 0.506. The average molecular weight is 261 g/mol. The van der Waals surface area contributed by atoms with Gasteiger partial charge in [-0.1, -0.05) is 0 Å². The Labute approximate surface area is 109 Å². The van der Waals surface area contributed by atoms with Crippen molar-refractivity contribution in [3.8, 4) is 0 Å². The zero-order chi connectivity index (χ0) is 13.2. The van der Waals surface area contributed by atoms with E-state index in [-0.39, 0.29) is 12.1 Å². The lowest BCUT2D eigenvalue weighted by Crippen LogP contribution is -2.28. The Morgan fingerprint density at radius 3 is 3.21 bits per heavy atom. The van der Waals surface area contributed by atoms with Crippen LogP contribution in [-0.4, -0.2) is 34.1 Å². The Kier molecular flexibility index (Phi) is 3.04. The average Bonchev–Trinajstić information content (AvgIpc) is 3.02. The number of rotatable bonds is 4. The summed E-state index contributed by atoms with van der Waals surface area (Å²) in [5.41, 5.74) is 8.50. The SMILES string of the molecule is Nc1ncnc2c(C3CC[C@@H](COC=O)N3)c[nH]c12. The molecular formula is C12H15N5O2. The highest BCUT2D eigenvalue weighted by molar-refractivity contribution is 5.87. The molecule has 7 heteroatoms. The van der Waals surface area contributed by atoms with Crippen LogP contribution in [0.3, 0.4) is 0 Å². The van der Waals surface area contributed by atoms with Crippen LogP contribution in [-0.2, 0) is 9.53 Å². The summed E-state index contributed by atoms with van der Waals surface area (Å²) in [6, 6.07) is 0.391. The number of nitrogens with zero attached hydrogens (tertiary/aromatic N) is 2. The smallest absolute Gasteiger partial charge is 0.293 e. The van der Waals surface area contributed by atoms with Crippen molar-refractivity contribution in [3.05, 3.63) is 18.1 Å². The number of fused-ring (bicyclic) bond motifs is 1. The first-order valence-electron chi connectivity index (χ1n) is 6.18. The molecule has 7 nitrogen and oxygen atoms in total. The van der Waals surface area contributed by atoms with Crippen LogP contribution >= 0.6 is 0 Å². The molecule has 1 aliphatic heterocycles. The molecule has 0 spiro atoms. The third-order valence-electron chi connectivity index (χ3n) is 3.50. The number of nitrogens with two attached hydrogens (primary N) is 1. The van der Waals surface area contributed by atoms with Crippen molar-refractivity contribution in [2.75, 3.05) is 12.3 Å². The molecule has 0 aromatic carbocycles. The minimum atomic E-state index is 0.194. The molecule has 0 aliphatic carbocycles. The molecule has 0 radical (unpaired) electrons. The van der Waals surface area contributed by atoms with Gasteiger partial charge in [0.2, 0.25) is 0 Å². The fourth-order valence-electron chi connectivity index (χ4n) is 2.60. The van der Waals surface area contributed by atoms with E-state index in [2.05, 4.69) is 20.3 Å². The standard InChI is InChI=1S/C12H15N5O2/c13-12-11-10(15-5-16-12)8(3-14-11)9-2-1-7(17-9)4-19-6-18/h3,5-7,9,14,17H,1-2,4H2,(H2,13,15,16)/t7-,9?/m0/s1. The normalized spacial score (nSPS) is 22.7. The molecule has 3 rings (SSSR count). The van der Waals surface area contributed by atoms with E-state index in [1.165, 1.54) is 6.33 Å². The Morgan fingerprint density at radius 1 is 1.47 bits per heavy atom. The van der Waals surface area contributed by atoms with Gasteiger partial charge in [0.15, 0.2) is 5.82 Å². The number of anilines is 1. The Bertz CT molecular complexity index is 597. The molecule has 3 heterocycles. The largest absolute Gasteiger partial charge is 0.466 e. The van der Waals surface area contributed by atoms with Crippen molar-refractivity contribution < 1.29 is 9.53 Å². The van der Waals surface area contributed by atoms with E-state index < -0.39 is 0 Å². The van der Waals surface area contributed by atoms with Crippen molar-refractivity contribution >= 4 is 23.3 Å². The molecule has 0 bridgehead atoms. The number of carbonyl (C=O) groups excluding carboxylic acids is 1. The monoisotopic (exact) mass is 261 g/mol. The van der Waals surface area contributed by atoms with Gasteiger partial charge < -0.3 is 20.8 Å². The summed E-state index contributed by atoms with van der Waals surface area (Å²) in [6.07, 6.45) is 5.32. The first kappa shape index (κ1) is 11.9. The van der Waals surface area contributed by atoms with Crippen molar-refractivity contribution in [3.63, 3.8) is 0 Å². The zero-order valence-corrected chi connectivity index (χ0v) is 10.3. The lowest BCUT2D eigenvalue weighted by atomic mass is 10.1. The van der Waals surface area contributed by atoms with E-state index >= 15 is 0 Å². The summed E-state index contributed by atoms with van der Waals surface area (Å²) in [6.45, 7) is 0.883. The van der Waals surface area contributed by atoms with E-state index in [9.17, 15) is 4.79 Å².